The Bertz CT molecular complexity index is 377. The summed E-state index contributed by atoms with van der Waals surface area (Å²) in [5, 5.41) is 10.5. The molecule has 86 valence electrons. The number of hydrogen-bond acceptors (Lipinski definition) is 3. The van der Waals surface area contributed by atoms with Crippen LogP contribution in [0.15, 0.2) is 30.3 Å². The molecule has 17 heavy (non-hydrogen) atoms. The summed E-state index contributed by atoms with van der Waals surface area (Å²) < 4.78 is 0.509. The summed E-state index contributed by atoms with van der Waals surface area (Å²) in [6.07, 6.45) is 1.38. The van der Waals surface area contributed by atoms with Gasteiger partial charge in [0.25, 0.3) is 0 Å². The van der Waals surface area contributed by atoms with Crippen LogP contribution in [0.25, 0.3) is 0 Å². The largest absolute Gasteiger partial charge is 1.00 e. The Morgan fingerprint density at radius 1 is 1.24 bits per heavy atom. The second-order valence-electron chi connectivity index (χ2n) is 4.15. The molecular formula is C12H14NNaOS2. The van der Waals surface area contributed by atoms with Gasteiger partial charge in [-0.2, -0.15) is 0 Å². The molecule has 1 aliphatic rings. The maximum Gasteiger partial charge on any atom is 1.00 e. The van der Waals surface area contributed by atoms with E-state index in [1.165, 1.54) is 0 Å². The van der Waals surface area contributed by atoms with Crippen LogP contribution in [0.5, 0.6) is 0 Å². The summed E-state index contributed by atoms with van der Waals surface area (Å²) in [6, 6.07) is 9.82. The predicted molar refractivity (Wildman–Crippen MR) is 71.1 cm³/mol. The number of benzene rings is 1. The molecule has 2 rings (SSSR count). The van der Waals surface area contributed by atoms with E-state index in [9.17, 15) is 5.11 Å². The van der Waals surface area contributed by atoms with Gasteiger partial charge in [0.2, 0.25) is 0 Å². The zero-order chi connectivity index (χ0) is 11.6. The van der Waals surface area contributed by atoms with Gasteiger partial charge in [-0.25, -0.2) is 0 Å². The molecule has 2 nitrogen and oxygen atoms in total. The molecule has 0 radical (unpaired) electrons. The van der Waals surface area contributed by atoms with E-state index in [0.717, 1.165) is 18.7 Å². The maximum atomic E-state index is 10.5. The van der Waals surface area contributed by atoms with Crippen molar-refractivity contribution in [3.8, 4) is 0 Å². The van der Waals surface area contributed by atoms with E-state index in [1.54, 1.807) is 0 Å². The molecule has 0 aromatic heterocycles. The van der Waals surface area contributed by atoms with Gasteiger partial charge in [0.05, 0.1) is 5.60 Å². The molecule has 5 heteroatoms. The minimum Gasteiger partial charge on any atom is -0.411 e. The van der Waals surface area contributed by atoms with Gasteiger partial charge in [-0.15, -0.1) is 0 Å². The van der Waals surface area contributed by atoms with Crippen molar-refractivity contribution in [1.29, 1.82) is 0 Å². The van der Waals surface area contributed by atoms with Crippen LogP contribution in [0.3, 0.4) is 0 Å². The zero-order valence-corrected chi connectivity index (χ0v) is 13.6. The molecule has 0 bridgehead atoms. The molecule has 0 spiro atoms. The number of likely N-dealkylation sites (tertiary alicyclic amines) is 1. The van der Waals surface area contributed by atoms with Crippen LogP contribution in [0.4, 0.5) is 0 Å². The third kappa shape index (κ3) is 3.63. The molecule has 1 fully saturated rings. The Morgan fingerprint density at radius 2 is 1.76 bits per heavy atom. The molecule has 1 aromatic carbocycles. The monoisotopic (exact) mass is 275 g/mol. The zero-order valence-electron chi connectivity index (χ0n) is 9.93. The van der Waals surface area contributed by atoms with Gasteiger partial charge < -0.3 is 34.9 Å². The summed E-state index contributed by atoms with van der Waals surface area (Å²) >= 11 is 9.93. The van der Waals surface area contributed by atoms with E-state index in [-0.39, 0.29) is 29.6 Å². The molecule has 0 unspecified atom stereocenters. The normalized spacial score (nSPS) is 18.3. The van der Waals surface area contributed by atoms with Crippen LogP contribution in [-0.2, 0) is 18.2 Å². The predicted octanol–water partition coefficient (Wildman–Crippen LogP) is -1.19. The number of nitrogens with zero attached hydrogens (tertiary/aromatic N) is 1. The summed E-state index contributed by atoms with van der Waals surface area (Å²) in [7, 11) is 0. The molecule has 1 N–H and O–H groups in total. The van der Waals surface area contributed by atoms with Gasteiger partial charge in [0.1, 0.15) is 0 Å². The van der Waals surface area contributed by atoms with E-state index in [0.29, 0.717) is 17.2 Å². The van der Waals surface area contributed by atoms with Crippen LogP contribution >= 0.6 is 12.2 Å². The Kier molecular flexibility index (Phi) is 5.83. The molecule has 1 aliphatic heterocycles. The number of aliphatic hydroxyl groups is 1. The fourth-order valence-electron chi connectivity index (χ4n) is 2.10. The van der Waals surface area contributed by atoms with Crippen LogP contribution in [0.1, 0.15) is 18.4 Å². The molecule has 0 atom stereocenters. The Morgan fingerprint density at radius 3 is 2.24 bits per heavy atom. The first kappa shape index (κ1) is 15.3. The van der Waals surface area contributed by atoms with E-state index < -0.39 is 5.60 Å². The van der Waals surface area contributed by atoms with Crippen molar-refractivity contribution in [2.24, 2.45) is 0 Å². The van der Waals surface area contributed by atoms with Gasteiger partial charge in [0.15, 0.2) is 0 Å². The van der Waals surface area contributed by atoms with Crippen molar-refractivity contribution in [3.05, 3.63) is 35.9 Å². The van der Waals surface area contributed by atoms with Crippen molar-refractivity contribution >= 4 is 29.2 Å². The van der Waals surface area contributed by atoms with Crippen LogP contribution in [0, 0.1) is 0 Å². The average molecular weight is 275 g/mol. The third-order valence-electron chi connectivity index (χ3n) is 3.16. The number of hydrogen-bond donors (Lipinski definition) is 1. The maximum absolute atomic E-state index is 10.5. The van der Waals surface area contributed by atoms with Crippen molar-refractivity contribution in [1.82, 2.24) is 4.90 Å². The first-order valence-electron chi connectivity index (χ1n) is 5.36. The Balaban J connectivity index is 0.00000144. The van der Waals surface area contributed by atoms with E-state index in [1.807, 2.05) is 35.2 Å². The van der Waals surface area contributed by atoms with Crippen LogP contribution in [-0.4, -0.2) is 27.4 Å². The number of rotatable bonds is 1. The van der Waals surface area contributed by atoms with E-state index in [4.69, 9.17) is 24.8 Å². The summed E-state index contributed by atoms with van der Waals surface area (Å²) in [4.78, 5) is 1.97. The van der Waals surface area contributed by atoms with Gasteiger partial charge >= 0.3 is 29.6 Å². The molecule has 0 saturated carbocycles. The average Bonchev–Trinajstić information content (AvgIpc) is 2.31. The minimum atomic E-state index is -0.710. The second kappa shape index (κ2) is 6.45. The summed E-state index contributed by atoms with van der Waals surface area (Å²) in [6.45, 7) is 1.49. The van der Waals surface area contributed by atoms with Crippen LogP contribution in [0.2, 0.25) is 0 Å². The SMILES string of the molecule is OC1(c2ccccc2)CCN(C(=S)[S-])CC1.[Na+]. The first-order chi connectivity index (χ1) is 7.62. The quantitative estimate of drug-likeness (QED) is 0.395. The van der Waals surface area contributed by atoms with Crippen LogP contribution < -0.4 is 29.6 Å². The molecule has 1 heterocycles. The fourth-order valence-corrected chi connectivity index (χ4v) is 2.46. The number of piperidine rings is 1. The molecule has 1 saturated heterocycles. The number of thiocarbonyl (C=S) groups is 1. The van der Waals surface area contributed by atoms with E-state index in [2.05, 4.69) is 0 Å². The van der Waals surface area contributed by atoms with Gasteiger partial charge in [-0.05, 0) is 18.4 Å². The second-order valence-corrected chi connectivity index (χ2v) is 5.18. The Hall–Kier alpha value is 0.290. The molecule has 0 amide bonds. The standard InChI is InChI=1S/C12H15NOS2.Na/c14-12(10-4-2-1-3-5-10)6-8-13(9-7-12)11(15)16;/h1-5,14H,6-9H2,(H,15,16);/q;+1/p-1. The summed E-state index contributed by atoms with van der Waals surface area (Å²) in [5.74, 6) is 0. The topological polar surface area (TPSA) is 23.5 Å². The van der Waals surface area contributed by atoms with Gasteiger partial charge in [0, 0.05) is 13.1 Å². The first-order valence-corrected chi connectivity index (χ1v) is 6.17. The Labute approximate surface area is 135 Å². The van der Waals surface area contributed by atoms with Gasteiger partial charge in [-0.1, -0.05) is 34.7 Å². The van der Waals surface area contributed by atoms with Gasteiger partial charge in [-0.3, -0.25) is 0 Å². The molecule has 0 aliphatic carbocycles. The van der Waals surface area contributed by atoms with Crippen molar-refractivity contribution < 1.29 is 34.7 Å². The summed E-state index contributed by atoms with van der Waals surface area (Å²) in [5.41, 5.74) is 0.280. The molecular weight excluding hydrogens is 261 g/mol. The van der Waals surface area contributed by atoms with Crippen molar-refractivity contribution in [3.63, 3.8) is 0 Å². The smallest absolute Gasteiger partial charge is 0.411 e. The molecule has 1 aromatic rings. The van der Waals surface area contributed by atoms with Crippen molar-refractivity contribution in [2.75, 3.05) is 13.1 Å². The fraction of sp³-hybridized carbons (Fsp3) is 0.417. The van der Waals surface area contributed by atoms with Crippen molar-refractivity contribution in [2.45, 2.75) is 18.4 Å². The minimum absolute atomic E-state index is 0. The third-order valence-corrected chi connectivity index (χ3v) is 3.68. The van der Waals surface area contributed by atoms with E-state index >= 15 is 0 Å².